The van der Waals surface area contributed by atoms with Gasteiger partial charge in [0, 0.05) is 13.1 Å². The van der Waals surface area contributed by atoms with Crippen LogP contribution in [0.4, 0.5) is 0 Å². The van der Waals surface area contributed by atoms with Crippen molar-refractivity contribution in [3.63, 3.8) is 0 Å². The zero-order valence-corrected chi connectivity index (χ0v) is 16.2. The molecule has 1 N–H and O–H groups in total. The maximum atomic E-state index is 12.7. The maximum absolute atomic E-state index is 12.7. The molecule has 2 aromatic carbocycles. The van der Waals surface area contributed by atoms with Crippen molar-refractivity contribution in [3.05, 3.63) is 62.8 Å². The Balaban J connectivity index is 1.93. The number of nitrogens with zero attached hydrogens (tertiary/aromatic N) is 1. The lowest BCUT2D eigenvalue weighted by molar-refractivity contribution is 0.567. The first-order valence-electron chi connectivity index (χ1n) is 7.88. The highest BCUT2D eigenvalue weighted by Crippen LogP contribution is 2.23. The summed E-state index contributed by atoms with van der Waals surface area (Å²) in [6.07, 6.45) is 0. The monoisotopic (exact) mass is 376 g/mol. The molecular formula is C18H20N2O3S2. The predicted octanol–water partition coefficient (Wildman–Crippen LogP) is 3.26. The van der Waals surface area contributed by atoms with Crippen molar-refractivity contribution in [1.29, 1.82) is 0 Å². The molecular weight excluding hydrogens is 356 g/mol. The maximum Gasteiger partial charge on any atom is 0.307 e. The molecule has 3 aromatic rings. The van der Waals surface area contributed by atoms with E-state index in [-0.39, 0.29) is 15.8 Å². The third kappa shape index (κ3) is 3.40. The molecule has 0 saturated carbocycles. The summed E-state index contributed by atoms with van der Waals surface area (Å²) in [6, 6.07) is 10.3. The van der Waals surface area contributed by atoms with Crippen LogP contribution >= 0.6 is 11.3 Å². The fraction of sp³-hybridized carbons (Fsp3) is 0.278. The normalized spacial score (nSPS) is 13.3. The lowest BCUT2D eigenvalue weighted by Crippen LogP contribution is -2.27. The third-order valence-electron chi connectivity index (χ3n) is 4.44. The molecule has 0 aliphatic rings. The van der Waals surface area contributed by atoms with Crippen LogP contribution in [-0.4, -0.2) is 13.0 Å². The second-order valence-electron chi connectivity index (χ2n) is 6.24. The van der Waals surface area contributed by atoms with Crippen LogP contribution in [0.5, 0.6) is 0 Å². The highest BCUT2D eigenvalue weighted by atomic mass is 32.2. The number of rotatable bonds is 4. The van der Waals surface area contributed by atoms with E-state index in [1.54, 1.807) is 19.2 Å². The SMILES string of the molecule is Cc1ccc([C@H](C)NS(=O)(=O)c2ccc3c(c2)sc(=O)n3C)cc1C. The van der Waals surface area contributed by atoms with E-state index in [9.17, 15) is 13.2 Å². The first kappa shape index (κ1) is 17.8. The molecule has 7 heteroatoms. The summed E-state index contributed by atoms with van der Waals surface area (Å²) in [5, 5.41) is 0. The van der Waals surface area contributed by atoms with Gasteiger partial charge in [-0.25, -0.2) is 13.1 Å². The predicted molar refractivity (Wildman–Crippen MR) is 102 cm³/mol. The summed E-state index contributed by atoms with van der Waals surface area (Å²) < 4.78 is 30.3. The van der Waals surface area contributed by atoms with Gasteiger partial charge in [-0.05, 0) is 55.7 Å². The van der Waals surface area contributed by atoms with E-state index in [0.29, 0.717) is 4.70 Å². The van der Waals surface area contributed by atoms with Crippen LogP contribution in [0, 0.1) is 13.8 Å². The fourth-order valence-electron chi connectivity index (χ4n) is 2.68. The quantitative estimate of drug-likeness (QED) is 0.760. The number of nitrogens with one attached hydrogen (secondary N) is 1. The van der Waals surface area contributed by atoms with Crippen molar-refractivity contribution in [3.8, 4) is 0 Å². The molecule has 0 aliphatic heterocycles. The van der Waals surface area contributed by atoms with Crippen molar-refractivity contribution in [2.24, 2.45) is 7.05 Å². The summed E-state index contributed by atoms with van der Waals surface area (Å²) in [4.78, 5) is 11.8. The lowest BCUT2D eigenvalue weighted by atomic mass is 10.0. The molecule has 25 heavy (non-hydrogen) atoms. The van der Waals surface area contributed by atoms with Gasteiger partial charge in [0.25, 0.3) is 0 Å². The fourth-order valence-corrected chi connectivity index (χ4v) is 4.94. The van der Waals surface area contributed by atoms with Crippen LogP contribution in [0.25, 0.3) is 10.2 Å². The molecule has 5 nitrogen and oxygen atoms in total. The van der Waals surface area contributed by atoms with Gasteiger partial charge in [0.15, 0.2) is 0 Å². The van der Waals surface area contributed by atoms with E-state index in [0.717, 1.165) is 28.0 Å². The van der Waals surface area contributed by atoms with Crippen molar-refractivity contribution < 1.29 is 8.42 Å². The second kappa shape index (κ2) is 6.40. The standard InChI is InChI=1S/C18H20N2O3S2/c1-11-5-6-14(9-12(11)2)13(3)19-25(22,23)15-7-8-16-17(10-15)24-18(21)20(16)4/h5-10,13,19H,1-4H3/t13-/m0/s1. The minimum Gasteiger partial charge on any atom is -0.302 e. The molecule has 0 amide bonds. The smallest absolute Gasteiger partial charge is 0.302 e. The van der Waals surface area contributed by atoms with E-state index in [1.165, 1.54) is 16.2 Å². The molecule has 0 spiro atoms. The molecule has 0 unspecified atom stereocenters. The number of fused-ring (bicyclic) bond motifs is 1. The van der Waals surface area contributed by atoms with Gasteiger partial charge in [0.2, 0.25) is 10.0 Å². The lowest BCUT2D eigenvalue weighted by Gasteiger charge is -2.16. The van der Waals surface area contributed by atoms with Crippen LogP contribution < -0.4 is 9.60 Å². The zero-order valence-electron chi connectivity index (χ0n) is 14.5. The Morgan fingerprint density at radius 1 is 1.08 bits per heavy atom. The van der Waals surface area contributed by atoms with Gasteiger partial charge in [-0.2, -0.15) is 0 Å². The molecule has 3 rings (SSSR count). The van der Waals surface area contributed by atoms with Crippen molar-refractivity contribution >= 4 is 31.6 Å². The summed E-state index contributed by atoms with van der Waals surface area (Å²) >= 11 is 1.04. The molecule has 0 saturated heterocycles. The van der Waals surface area contributed by atoms with Crippen molar-refractivity contribution in [2.45, 2.75) is 31.7 Å². The highest BCUT2D eigenvalue weighted by Gasteiger charge is 2.20. The second-order valence-corrected chi connectivity index (χ2v) is 8.95. The average Bonchev–Trinajstić information content (AvgIpc) is 2.83. The number of benzene rings is 2. The Bertz CT molecular complexity index is 1110. The van der Waals surface area contributed by atoms with E-state index < -0.39 is 10.0 Å². The number of sulfonamides is 1. The zero-order chi connectivity index (χ0) is 18.4. The topological polar surface area (TPSA) is 68.2 Å². The Morgan fingerprint density at radius 3 is 2.48 bits per heavy atom. The Hall–Kier alpha value is -1.96. The summed E-state index contributed by atoms with van der Waals surface area (Å²) in [6.45, 7) is 5.85. The van der Waals surface area contributed by atoms with E-state index >= 15 is 0 Å². The molecule has 0 bridgehead atoms. The number of aryl methyl sites for hydroxylation is 3. The van der Waals surface area contributed by atoms with Gasteiger partial charge in [0.05, 0.1) is 15.1 Å². The van der Waals surface area contributed by atoms with E-state index in [2.05, 4.69) is 4.72 Å². The van der Waals surface area contributed by atoms with Gasteiger partial charge in [-0.3, -0.25) is 4.79 Å². The molecule has 0 aliphatic carbocycles. The van der Waals surface area contributed by atoms with Crippen LogP contribution in [0.2, 0.25) is 0 Å². The summed E-state index contributed by atoms with van der Waals surface area (Å²) in [5.74, 6) is 0. The average molecular weight is 377 g/mol. The molecule has 1 heterocycles. The van der Waals surface area contributed by atoms with Crippen LogP contribution in [0.3, 0.4) is 0 Å². The first-order valence-corrected chi connectivity index (χ1v) is 10.2. The molecule has 0 radical (unpaired) electrons. The number of hydrogen-bond donors (Lipinski definition) is 1. The van der Waals surface area contributed by atoms with E-state index in [4.69, 9.17) is 0 Å². The minimum absolute atomic E-state index is 0.110. The van der Waals surface area contributed by atoms with Crippen LogP contribution in [0.15, 0.2) is 46.1 Å². The third-order valence-corrected chi connectivity index (χ3v) is 6.97. The minimum atomic E-state index is -3.68. The van der Waals surface area contributed by atoms with Gasteiger partial charge in [-0.15, -0.1) is 0 Å². The van der Waals surface area contributed by atoms with Crippen LogP contribution in [0.1, 0.15) is 29.7 Å². The number of aromatic nitrogens is 1. The van der Waals surface area contributed by atoms with E-state index in [1.807, 2.05) is 39.0 Å². The van der Waals surface area contributed by atoms with Gasteiger partial charge in [0.1, 0.15) is 0 Å². The highest BCUT2D eigenvalue weighted by molar-refractivity contribution is 7.89. The molecule has 1 aromatic heterocycles. The first-order chi connectivity index (χ1) is 11.7. The summed E-state index contributed by atoms with van der Waals surface area (Å²) in [5.41, 5.74) is 3.94. The van der Waals surface area contributed by atoms with Gasteiger partial charge in [-0.1, -0.05) is 29.5 Å². The van der Waals surface area contributed by atoms with Gasteiger partial charge < -0.3 is 4.57 Å². The summed E-state index contributed by atoms with van der Waals surface area (Å²) in [7, 11) is -2.00. The van der Waals surface area contributed by atoms with Crippen molar-refractivity contribution in [2.75, 3.05) is 0 Å². The molecule has 1 atom stereocenters. The largest absolute Gasteiger partial charge is 0.307 e. The molecule has 0 fully saturated rings. The Labute approximate surface area is 151 Å². The number of thiazole rings is 1. The number of hydrogen-bond acceptors (Lipinski definition) is 4. The van der Waals surface area contributed by atoms with Crippen LogP contribution in [-0.2, 0) is 17.1 Å². The Morgan fingerprint density at radius 2 is 1.80 bits per heavy atom. The van der Waals surface area contributed by atoms with Crippen molar-refractivity contribution in [1.82, 2.24) is 9.29 Å². The van der Waals surface area contributed by atoms with Gasteiger partial charge >= 0.3 is 4.87 Å². The molecule has 132 valence electrons. The Kier molecular flexibility index (Phi) is 4.57.